The summed E-state index contributed by atoms with van der Waals surface area (Å²) in [5.74, 6) is 2.76. The number of hydrogen-bond donors (Lipinski definition) is 3. The smallest absolute Gasteiger partial charge is 0.216 e. The molecule has 0 radical (unpaired) electrons. The molecule has 8 heteroatoms. The maximum Gasteiger partial charge on any atom is 0.216 e. The lowest BCUT2D eigenvalue weighted by Gasteiger charge is -2.19. The first kappa shape index (κ1) is 21.8. The van der Waals surface area contributed by atoms with Gasteiger partial charge in [-0.25, -0.2) is 4.98 Å². The van der Waals surface area contributed by atoms with Gasteiger partial charge in [0, 0.05) is 20.0 Å². The van der Waals surface area contributed by atoms with Crippen LogP contribution in [-0.2, 0) is 6.42 Å². The number of aliphatic imine (C=N–C) groups is 1. The van der Waals surface area contributed by atoms with E-state index in [9.17, 15) is 0 Å². The number of halogens is 1. The Morgan fingerprint density at radius 3 is 2.77 bits per heavy atom. The maximum atomic E-state index is 5.32. The van der Waals surface area contributed by atoms with Crippen molar-refractivity contribution in [3.05, 3.63) is 72.2 Å². The van der Waals surface area contributed by atoms with Crippen molar-refractivity contribution in [2.24, 2.45) is 4.99 Å². The van der Waals surface area contributed by atoms with Crippen molar-refractivity contribution < 1.29 is 4.42 Å². The van der Waals surface area contributed by atoms with Crippen LogP contribution in [0, 0.1) is 0 Å². The molecule has 0 aliphatic carbocycles. The Bertz CT molecular complexity index is 1100. The van der Waals surface area contributed by atoms with Gasteiger partial charge in [-0.2, -0.15) is 5.10 Å². The first-order valence-electron chi connectivity index (χ1n) is 9.64. The van der Waals surface area contributed by atoms with Gasteiger partial charge in [-0.1, -0.05) is 42.5 Å². The fourth-order valence-electron chi connectivity index (χ4n) is 3.33. The molecule has 1 unspecified atom stereocenters. The van der Waals surface area contributed by atoms with Crippen LogP contribution in [-0.4, -0.2) is 34.7 Å². The van der Waals surface area contributed by atoms with E-state index < -0.39 is 0 Å². The molecule has 7 nitrogen and oxygen atoms in total. The summed E-state index contributed by atoms with van der Waals surface area (Å²) in [6.45, 7) is 2.81. The second-order valence-electron chi connectivity index (χ2n) is 6.77. The van der Waals surface area contributed by atoms with Crippen LogP contribution in [0.3, 0.4) is 0 Å². The molecule has 0 aliphatic heterocycles. The molecule has 30 heavy (non-hydrogen) atoms. The number of nitrogens with one attached hydrogen (secondary N) is 3. The third-order valence-electron chi connectivity index (χ3n) is 4.79. The minimum absolute atomic E-state index is 0. The average Bonchev–Trinajstić information content (AvgIpc) is 3.44. The Morgan fingerprint density at radius 1 is 1.13 bits per heavy atom. The van der Waals surface area contributed by atoms with E-state index in [1.165, 1.54) is 16.3 Å². The van der Waals surface area contributed by atoms with Gasteiger partial charge in [0.25, 0.3) is 0 Å². The summed E-state index contributed by atoms with van der Waals surface area (Å²) < 4.78 is 5.32. The van der Waals surface area contributed by atoms with Crippen molar-refractivity contribution in [2.75, 3.05) is 13.6 Å². The van der Waals surface area contributed by atoms with Crippen molar-refractivity contribution in [1.29, 1.82) is 0 Å². The maximum absolute atomic E-state index is 5.32. The SMILES string of the molecule is CN=C(NCCc1nc(-c2ccco2)n[nH]1)NC(C)c1cccc2ccccc12.I. The second-order valence-corrected chi connectivity index (χ2v) is 6.77. The molecule has 3 N–H and O–H groups in total. The van der Waals surface area contributed by atoms with Gasteiger partial charge in [0.15, 0.2) is 11.7 Å². The monoisotopic (exact) mass is 516 g/mol. The van der Waals surface area contributed by atoms with Gasteiger partial charge in [0.2, 0.25) is 5.82 Å². The molecular formula is C22H25IN6O. The number of hydrogen-bond acceptors (Lipinski definition) is 4. The van der Waals surface area contributed by atoms with Crippen LogP contribution in [0.1, 0.15) is 24.4 Å². The number of aromatic nitrogens is 3. The third-order valence-corrected chi connectivity index (χ3v) is 4.79. The van der Waals surface area contributed by atoms with E-state index in [0.29, 0.717) is 24.6 Å². The molecule has 4 aromatic rings. The largest absolute Gasteiger partial charge is 0.461 e. The summed E-state index contributed by atoms with van der Waals surface area (Å²) in [6.07, 6.45) is 2.30. The van der Waals surface area contributed by atoms with Crippen LogP contribution in [0.5, 0.6) is 0 Å². The summed E-state index contributed by atoms with van der Waals surface area (Å²) in [5.41, 5.74) is 1.24. The van der Waals surface area contributed by atoms with Crippen LogP contribution in [0.25, 0.3) is 22.4 Å². The van der Waals surface area contributed by atoms with E-state index in [1.54, 1.807) is 13.3 Å². The Morgan fingerprint density at radius 2 is 1.97 bits per heavy atom. The van der Waals surface area contributed by atoms with Crippen molar-refractivity contribution in [2.45, 2.75) is 19.4 Å². The number of rotatable bonds is 6. The molecule has 2 heterocycles. The molecule has 2 aromatic heterocycles. The molecular weight excluding hydrogens is 491 g/mol. The fraction of sp³-hybridized carbons (Fsp3) is 0.227. The highest BCUT2D eigenvalue weighted by molar-refractivity contribution is 14.0. The molecule has 0 amide bonds. The summed E-state index contributed by atoms with van der Waals surface area (Å²) in [5, 5.41) is 16.4. The minimum atomic E-state index is 0. The first-order chi connectivity index (χ1) is 14.2. The van der Waals surface area contributed by atoms with Gasteiger partial charge in [-0.3, -0.25) is 10.1 Å². The molecule has 0 bridgehead atoms. The summed E-state index contributed by atoms with van der Waals surface area (Å²) >= 11 is 0. The number of H-pyrrole nitrogens is 1. The Hall–Kier alpha value is -2.88. The van der Waals surface area contributed by atoms with E-state index >= 15 is 0 Å². The van der Waals surface area contributed by atoms with Crippen LogP contribution < -0.4 is 10.6 Å². The van der Waals surface area contributed by atoms with Gasteiger partial charge >= 0.3 is 0 Å². The van der Waals surface area contributed by atoms with Crippen molar-refractivity contribution in [3.8, 4) is 11.6 Å². The number of furan rings is 1. The second kappa shape index (κ2) is 10.2. The molecule has 0 saturated heterocycles. The van der Waals surface area contributed by atoms with E-state index in [1.807, 2.05) is 12.1 Å². The Kier molecular flexibility index (Phi) is 7.45. The topological polar surface area (TPSA) is 91.1 Å². The fourth-order valence-corrected chi connectivity index (χ4v) is 3.33. The number of aromatic amines is 1. The normalized spacial score (nSPS) is 12.4. The van der Waals surface area contributed by atoms with Crippen LogP contribution in [0.2, 0.25) is 0 Å². The summed E-state index contributed by atoms with van der Waals surface area (Å²) in [4.78, 5) is 8.80. The highest BCUT2D eigenvalue weighted by Crippen LogP contribution is 2.23. The molecule has 2 aromatic carbocycles. The average molecular weight is 516 g/mol. The van der Waals surface area contributed by atoms with Crippen molar-refractivity contribution in [3.63, 3.8) is 0 Å². The van der Waals surface area contributed by atoms with Gasteiger partial charge in [-0.05, 0) is 35.4 Å². The molecule has 0 fully saturated rings. The highest BCUT2D eigenvalue weighted by Gasteiger charge is 2.12. The Balaban J connectivity index is 0.00000256. The van der Waals surface area contributed by atoms with Crippen LogP contribution in [0.4, 0.5) is 0 Å². The molecule has 0 saturated carbocycles. The van der Waals surface area contributed by atoms with Crippen LogP contribution >= 0.6 is 24.0 Å². The lowest BCUT2D eigenvalue weighted by atomic mass is 10.00. The predicted molar refractivity (Wildman–Crippen MR) is 130 cm³/mol. The summed E-state index contributed by atoms with van der Waals surface area (Å²) in [6, 6.07) is 18.6. The lowest BCUT2D eigenvalue weighted by molar-refractivity contribution is 0.577. The quantitative estimate of drug-likeness (QED) is 0.202. The van der Waals surface area contributed by atoms with Gasteiger partial charge in [-0.15, -0.1) is 24.0 Å². The van der Waals surface area contributed by atoms with E-state index in [2.05, 4.69) is 80.2 Å². The molecule has 0 aliphatic rings. The standard InChI is InChI=1S/C22H24N6O.HI/c1-15(17-10-5-8-16-7-3-4-9-18(16)17)25-22(23-2)24-13-12-20-26-21(28-27-20)19-11-6-14-29-19;/h3-11,14-15H,12-13H2,1-2H3,(H2,23,24,25)(H,26,27,28);1H. The highest BCUT2D eigenvalue weighted by atomic mass is 127. The third kappa shape index (κ3) is 4.99. The summed E-state index contributed by atoms with van der Waals surface area (Å²) in [7, 11) is 1.77. The van der Waals surface area contributed by atoms with Crippen LogP contribution in [0.15, 0.2) is 70.3 Å². The Labute approximate surface area is 192 Å². The minimum Gasteiger partial charge on any atom is -0.461 e. The van der Waals surface area contributed by atoms with Crippen molar-refractivity contribution >= 4 is 40.7 Å². The number of benzene rings is 2. The zero-order valence-corrected chi connectivity index (χ0v) is 19.3. The van der Waals surface area contributed by atoms with E-state index in [-0.39, 0.29) is 30.0 Å². The number of fused-ring (bicyclic) bond motifs is 1. The van der Waals surface area contributed by atoms with E-state index in [4.69, 9.17) is 4.42 Å². The van der Waals surface area contributed by atoms with E-state index in [0.717, 1.165) is 11.8 Å². The molecule has 1 atom stereocenters. The van der Waals surface area contributed by atoms with Crippen molar-refractivity contribution in [1.82, 2.24) is 25.8 Å². The first-order valence-corrected chi connectivity index (χ1v) is 9.64. The zero-order chi connectivity index (χ0) is 20.1. The zero-order valence-electron chi connectivity index (χ0n) is 16.9. The number of nitrogens with zero attached hydrogens (tertiary/aromatic N) is 3. The van der Waals surface area contributed by atoms with Gasteiger partial charge in [0.1, 0.15) is 5.82 Å². The predicted octanol–water partition coefficient (Wildman–Crippen LogP) is 4.30. The lowest BCUT2D eigenvalue weighted by Crippen LogP contribution is -2.39. The number of guanidine groups is 1. The molecule has 4 rings (SSSR count). The van der Waals surface area contributed by atoms with Gasteiger partial charge in [0.05, 0.1) is 12.3 Å². The molecule has 156 valence electrons. The van der Waals surface area contributed by atoms with Gasteiger partial charge < -0.3 is 15.1 Å². The molecule has 0 spiro atoms.